The predicted octanol–water partition coefficient (Wildman–Crippen LogP) is 5.73. The van der Waals surface area contributed by atoms with E-state index in [9.17, 15) is 26.7 Å². The second-order valence-electron chi connectivity index (χ2n) is 6.07. The lowest BCUT2D eigenvalue weighted by atomic mass is 10.2. The van der Waals surface area contributed by atoms with E-state index in [-0.39, 0.29) is 22.9 Å². The Morgan fingerprint density at radius 3 is 2.52 bits per heavy atom. The van der Waals surface area contributed by atoms with E-state index >= 15 is 0 Å². The third kappa shape index (κ3) is 4.87. The average Bonchev–Trinajstić information content (AvgIpc) is 2.65. The van der Waals surface area contributed by atoms with Crippen LogP contribution in [0, 0.1) is 18.6 Å². The predicted molar refractivity (Wildman–Crippen MR) is 94.8 cm³/mol. The lowest BCUT2D eigenvalue weighted by Gasteiger charge is -2.13. The molecule has 150 valence electrons. The molecule has 1 amide bonds. The van der Waals surface area contributed by atoms with Crippen molar-refractivity contribution in [2.75, 3.05) is 5.32 Å². The van der Waals surface area contributed by atoms with Gasteiger partial charge in [0.25, 0.3) is 5.91 Å². The second kappa shape index (κ2) is 7.86. The average molecular weight is 408 g/mol. The topological polar surface area (TPSA) is 51.2 Å². The fourth-order valence-electron chi connectivity index (χ4n) is 2.43. The van der Waals surface area contributed by atoms with Crippen LogP contribution in [0.5, 0.6) is 11.6 Å². The summed E-state index contributed by atoms with van der Waals surface area (Å²) in [5.41, 5.74) is -0.776. The highest BCUT2D eigenvalue weighted by Crippen LogP contribution is 2.33. The third-order valence-corrected chi connectivity index (χ3v) is 3.79. The molecule has 0 atom stereocenters. The number of nitrogens with one attached hydrogen (secondary N) is 1. The van der Waals surface area contributed by atoms with Gasteiger partial charge in [-0.3, -0.25) is 4.79 Å². The largest absolute Gasteiger partial charge is 0.438 e. The Morgan fingerprint density at radius 2 is 1.83 bits per heavy atom. The molecule has 0 spiro atoms. The van der Waals surface area contributed by atoms with E-state index in [1.807, 2.05) is 0 Å². The first-order valence-corrected chi connectivity index (χ1v) is 8.21. The molecule has 0 saturated heterocycles. The number of amides is 1. The Bertz CT molecular complexity index is 1070. The van der Waals surface area contributed by atoms with Crippen molar-refractivity contribution < 1.29 is 31.5 Å². The molecular formula is C20H13F5N2O2. The zero-order chi connectivity index (χ0) is 21.2. The summed E-state index contributed by atoms with van der Waals surface area (Å²) in [7, 11) is 0. The van der Waals surface area contributed by atoms with Gasteiger partial charge in [-0.2, -0.15) is 13.2 Å². The van der Waals surface area contributed by atoms with Gasteiger partial charge in [0, 0.05) is 12.3 Å². The van der Waals surface area contributed by atoms with Crippen LogP contribution in [0.25, 0.3) is 0 Å². The molecule has 1 heterocycles. The molecule has 4 nitrogen and oxygen atoms in total. The van der Waals surface area contributed by atoms with Crippen LogP contribution in [0.15, 0.2) is 54.7 Å². The van der Waals surface area contributed by atoms with Crippen LogP contribution in [-0.4, -0.2) is 10.9 Å². The molecule has 9 heteroatoms. The molecule has 2 aromatic carbocycles. The number of nitrogens with zero attached hydrogens (tertiary/aromatic N) is 1. The molecule has 0 aliphatic heterocycles. The van der Waals surface area contributed by atoms with Crippen molar-refractivity contribution >= 4 is 11.6 Å². The molecule has 3 rings (SSSR count). The molecule has 0 saturated carbocycles. The van der Waals surface area contributed by atoms with E-state index in [1.165, 1.54) is 18.3 Å². The third-order valence-electron chi connectivity index (χ3n) is 3.79. The highest BCUT2D eigenvalue weighted by Gasteiger charge is 2.30. The Kier molecular flexibility index (Phi) is 5.49. The summed E-state index contributed by atoms with van der Waals surface area (Å²) >= 11 is 0. The molecule has 0 aliphatic carbocycles. The number of alkyl halides is 3. The standard InChI is InChI=1S/C20H13F5N2O2/c1-11-7-15(18(28)27-17-6-5-13(21)9-16(17)22)19(26-10-11)29-14-4-2-3-12(8-14)20(23,24)25/h2-10H,1H3,(H,27,28). The lowest BCUT2D eigenvalue weighted by Crippen LogP contribution is -2.15. The van der Waals surface area contributed by atoms with Gasteiger partial charge in [0.05, 0.1) is 11.3 Å². The monoisotopic (exact) mass is 408 g/mol. The van der Waals surface area contributed by atoms with E-state index in [4.69, 9.17) is 4.74 Å². The van der Waals surface area contributed by atoms with Crippen LogP contribution < -0.4 is 10.1 Å². The number of anilines is 1. The van der Waals surface area contributed by atoms with Crippen LogP contribution in [0.2, 0.25) is 0 Å². The molecule has 0 unspecified atom stereocenters. The molecule has 29 heavy (non-hydrogen) atoms. The number of hydrogen-bond donors (Lipinski definition) is 1. The highest BCUT2D eigenvalue weighted by molar-refractivity contribution is 6.06. The fourth-order valence-corrected chi connectivity index (χ4v) is 2.43. The molecule has 1 N–H and O–H groups in total. The number of carbonyl (C=O) groups excluding carboxylic acids is 1. The number of carbonyl (C=O) groups is 1. The first-order valence-electron chi connectivity index (χ1n) is 8.21. The zero-order valence-corrected chi connectivity index (χ0v) is 14.8. The summed E-state index contributed by atoms with van der Waals surface area (Å²) in [4.78, 5) is 16.5. The summed E-state index contributed by atoms with van der Waals surface area (Å²) in [6, 6.07) is 8.06. The van der Waals surface area contributed by atoms with E-state index in [0.29, 0.717) is 11.6 Å². The van der Waals surface area contributed by atoms with E-state index in [0.717, 1.165) is 30.3 Å². The quantitative estimate of drug-likeness (QED) is 0.561. The minimum absolute atomic E-state index is 0.133. The number of ether oxygens (including phenoxy) is 1. The van der Waals surface area contributed by atoms with Gasteiger partial charge in [-0.1, -0.05) is 6.07 Å². The van der Waals surface area contributed by atoms with Crippen LogP contribution in [0.4, 0.5) is 27.6 Å². The van der Waals surface area contributed by atoms with Crippen molar-refractivity contribution in [3.8, 4) is 11.6 Å². The maximum atomic E-state index is 13.8. The van der Waals surface area contributed by atoms with Crippen molar-refractivity contribution in [2.45, 2.75) is 13.1 Å². The Balaban J connectivity index is 1.91. The molecule has 0 fully saturated rings. The van der Waals surface area contributed by atoms with Crippen LogP contribution in [0.3, 0.4) is 0 Å². The number of hydrogen-bond acceptors (Lipinski definition) is 3. The van der Waals surface area contributed by atoms with Gasteiger partial charge >= 0.3 is 6.18 Å². The van der Waals surface area contributed by atoms with Gasteiger partial charge in [-0.05, 0) is 48.9 Å². The van der Waals surface area contributed by atoms with Crippen molar-refractivity contribution in [2.24, 2.45) is 0 Å². The molecule has 3 aromatic rings. The summed E-state index contributed by atoms with van der Waals surface area (Å²) < 4.78 is 70.8. The number of aromatic nitrogens is 1. The Hall–Kier alpha value is -3.49. The number of rotatable bonds is 4. The molecular weight excluding hydrogens is 395 g/mol. The first-order chi connectivity index (χ1) is 13.6. The molecule has 0 aliphatic rings. The van der Waals surface area contributed by atoms with Crippen LogP contribution >= 0.6 is 0 Å². The van der Waals surface area contributed by atoms with Crippen molar-refractivity contribution in [3.05, 3.63) is 83.1 Å². The minimum atomic E-state index is -4.57. The first kappa shape index (κ1) is 20.2. The maximum Gasteiger partial charge on any atom is 0.416 e. The van der Waals surface area contributed by atoms with Gasteiger partial charge in [0.15, 0.2) is 0 Å². The molecule has 0 bridgehead atoms. The summed E-state index contributed by atoms with van der Waals surface area (Å²) in [5.74, 6) is -3.08. The second-order valence-corrected chi connectivity index (χ2v) is 6.07. The van der Waals surface area contributed by atoms with Gasteiger partial charge in [-0.15, -0.1) is 0 Å². The zero-order valence-electron chi connectivity index (χ0n) is 14.8. The van der Waals surface area contributed by atoms with Gasteiger partial charge in [0.2, 0.25) is 5.88 Å². The number of benzene rings is 2. The van der Waals surface area contributed by atoms with Crippen molar-refractivity contribution in [1.29, 1.82) is 0 Å². The van der Waals surface area contributed by atoms with Crippen LogP contribution in [-0.2, 0) is 6.18 Å². The van der Waals surface area contributed by atoms with Crippen LogP contribution in [0.1, 0.15) is 21.5 Å². The smallest absolute Gasteiger partial charge is 0.416 e. The molecule has 1 aromatic heterocycles. The summed E-state index contributed by atoms with van der Waals surface area (Å²) in [5, 5.41) is 2.26. The highest BCUT2D eigenvalue weighted by atomic mass is 19.4. The van der Waals surface area contributed by atoms with Crippen molar-refractivity contribution in [1.82, 2.24) is 4.98 Å². The number of halogens is 5. The van der Waals surface area contributed by atoms with E-state index < -0.39 is 29.3 Å². The van der Waals surface area contributed by atoms with Gasteiger partial charge in [-0.25, -0.2) is 13.8 Å². The van der Waals surface area contributed by atoms with Crippen molar-refractivity contribution in [3.63, 3.8) is 0 Å². The normalized spacial score (nSPS) is 11.2. The Morgan fingerprint density at radius 1 is 1.07 bits per heavy atom. The minimum Gasteiger partial charge on any atom is -0.438 e. The van der Waals surface area contributed by atoms with Gasteiger partial charge in [0.1, 0.15) is 22.9 Å². The Labute approximate surface area is 162 Å². The maximum absolute atomic E-state index is 13.8. The lowest BCUT2D eigenvalue weighted by molar-refractivity contribution is -0.137. The fraction of sp³-hybridized carbons (Fsp3) is 0.100. The number of aryl methyl sites for hydroxylation is 1. The van der Waals surface area contributed by atoms with E-state index in [2.05, 4.69) is 10.3 Å². The van der Waals surface area contributed by atoms with E-state index in [1.54, 1.807) is 6.92 Å². The summed E-state index contributed by atoms with van der Waals surface area (Å²) in [6.07, 6.45) is -3.21. The SMILES string of the molecule is Cc1cnc(Oc2cccc(C(F)(F)F)c2)c(C(=O)Nc2ccc(F)cc2F)c1. The molecule has 0 radical (unpaired) electrons. The number of pyridine rings is 1. The summed E-state index contributed by atoms with van der Waals surface area (Å²) in [6.45, 7) is 1.64. The van der Waals surface area contributed by atoms with Gasteiger partial charge < -0.3 is 10.1 Å².